The van der Waals surface area contributed by atoms with E-state index in [1.165, 1.54) is 0 Å². The Morgan fingerprint density at radius 3 is 2.88 bits per heavy atom. The van der Waals surface area contributed by atoms with Gasteiger partial charge in [-0.2, -0.15) is 0 Å². The van der Waals surface area contributed by atoms with Gasteiger partial charge >= 0.3 is 5.97 Å². The second-order valence-electron chi connectivity index (χ2n) is 8.04. The molecule has 2 aliphatic heterocycles. The zero-order chi connectivity index (χ0) is 22.5. The molecule has 0 saturated heterocycles. The van der Waals surface area contributed by atoms with Gasteiger partial charge in [-0.05, 0) is 25.0 Å². The average Bonchev–Trinajstić information content (AvgIpc) is 3.17. The number of esters is 1. The predicted molar refractivity (Wildman–Crippen MR) is 118 cm³/mol. The number of rotatable bonds is 5. The van der Waals surface area contributed by atoms with E-state index in [0.717, 1.165) is 28.5 Å². The van der Waals surface area contributed by atoms with Gasteiger partial charge in [-0.15, -0.1) is 0 Å². The molecule has 2 aliphatic rings. The van der Waals surface area contributed by atoms with Crippen molar-refractivity contribution in [2.24, 2.45) is 5.16 Å². The molecule has 1 N–H and O–H groups in total. The molecule has 0 radical (unpaired) electrons. The largest absolute Gasteiger partial charge is 0.458 e. The molecule has 0 aliphatic carbocycles. The van der Waals surface area contributed by atoms with Gasteiger partial charge in [0.2, 0.25) is 0 Å². The highest BCUT2D eigenvalue weighted by Gasteiger charge is 2.45. The molecule has 0 unspecified atom stereocenters. The van der Waals surface area contributed by atoms with Crippen molar-refractivity contribution in [1.29, 1.82) is 0 Å². The normalized spacial score (nSPS) is 19.0. The molecule has 8 heteroatoms. The van der Waals surface area contributed by atoms with Crippen LogP contribution in [0.1, 0.15) is 48.9 Å². The lowest BCUT2D eigenvalue weighted by Crippen LogP contribution is -2.44. The fraction of sp³-hybridized carbons (Fsp3) is 0.333. The van der Waals surface area contributed by atoms with Crippen molar-refractivity contribution in [2.45, 2.75) is 45.4 Å². The van der Waals surface area contributed by atoms with E-state index in [0.29, 0.717) is 35.7 Å². The molecule has 32 heavy (non-hydrogen) atoms. The maximum atomic E-state index is 13.4. The number of aromatic nitrogens is 2. The highest BCUT2D eigenvalue weighted by atomic mass is 16.6. The standard InChI is InChI=1S/C24H23N3O5/c1-3-9-32-25-11-15-14-7-5-6-8-19(14)26-21-16(15)12-27-20(21)10-18-17(22(27)28)13-31-23(29)24(18,30)4-2/h5-8,10-11,30H,3-4,9,12-13H2,1-2H3/b25-11+/t24-/m0/s1. The van der Waals surface area contributed by atoms with Crippen LogP contribution in [-0.2, 0) is 33.1 Å². The van der Waals surface area contributed by atoms with Crippen molar-refractivity contribution >= 4 is 23.1 Å². The fourth-order valence-corrected chi connectivity index (χ4v) is 4.44. The number of oxime groups is 1. The molecule has 8 nitrogen and oxygen atoms in total. The predicted octanol–water partition coefficient (Wildman–Crippen LogP) is 2.84. The molecule has 1 atom stereocenters. The van der Waals surface area contributed by atoms with Crippen LogP contribution in [0.5, 0.6) is 0 Å². The first-order valence-corrected chi connectivity index (χ1v) is 10.7. The number of nitrogens with zero attached hydrogens (tertiary/aromatic N) is 3. The smallest absolute Gasteiger partial charge is 0.343 e. The number of hydrogen-bond acceptors (Lipinski definition) is 7. The van der Waals surface area contributed by atoms with Crippen LogP contribution in [0.15, 0.2) is 40.3 Å². The number of ether oxygens (including phenoxy) is 1. The summed E-state index contributed by atoms with van der Waals surface area (Å²) in [6.07, 6.45) is 2.62. The number of aliphatic hydroxyl groups is 1. The Bertz CT molecular complexity index is 1340. The molecule has 0 saturated carbocycles. The van der Waals surface area contributed by atoms with E-state index in [2.05, 4.69) is 5.16 Å². The van der Waals surface area contributed by atoms with Crippen molar-refractivity contribution in [1.82, 2.24) is 9.55 Å². The number of hydrogen-bond donors (Lipinski definition) is 1. The quantitative estimate of drug-likeness (QED) is 0.225. The van der Waals surface area contributed by atoms with E-state index in [9.17, 15) is 14.7 Å². The maximum Gasteiger partial charge on any atom is 0.343 e. The summed E-state index contributed by atoms with van der Waals surface area (Å²) >= 11 is 0. The molecule has 0 amide bonds. The van der Waals surface area contributed by atoms with E-state index in [1.54, 1.807) is 23.8 Å². The molecule has 0 bridgehead atoms. The van der Waals surface area contributed by atoms with Crippen LogP contribution in [0.25, 0.3) is 22.3 Å². The number of carbonyl (C=O) groups excluding carboxylic acids is 1. The third-order valence-electron chi connectivity index (χ3n) is 6.19. The van der Waals surface area contributed by atoms with Gasteiger partial charge in [0.1, 0.15) is 13.2 Å². The van der Waals surface area contributed by atoms with Gasteiger partial charge in [0.15, 0.2) is 5.60 Å². The zero-order valence-corrected chi connectivity index (χ0v) is 17.9. The highest BCUT2D eigenvalue weighted by Crippen LogP contribution is 2.39. The lowest BCUT2D eigenvalue weighted by Gasteiger charge is -2.31. The van der Waals surface area contributed by atoms with Gasteiger partial charge < -0.3 is 19.2 Å². The summed E-state index contributed by atoms with van der Waals surface area (Å²) in [5.41, 5.74) is 2.11. The minimum Gasteiger partial charge on any atom is -0.458 e. The Morgan fingerprint density at radius 2 is 2.09 bits per heavy atom. The average molecular weight is 433 g/mol. The van der Waals surface area contributed by atoms with Gasteiger partial charge in [0, 0.05) is 22.1 Å². The number of cyclic esters (lactones) is 1. The van der Waals surface area contributed by atoms with Gasteiger partial charge in [0.05, 0.1) is 35.2 Å². The minimum absolute atomic E-state index is 0.104. The number of carbonyl (C=O) groups is 1. The minimum atomic E-state index is -1.85. The monoisotopic (exact) mass is 433 g/mol. The third-order valence-corrected chi connectivity index (χ3v) is 6.19. The Hall–Kier alpha value is -3.52. The number of fused-ring (bicyclic) bond motifs is 5. The van der Waals surface area contributed by atoms with Gasteiger partial charge in [-0.3, -0.25) is 4.79 Å². The van der Waals surface area contributed by atoms with E-state index in [-0.39, 0.29) is 18.6 Å². The first kappa shape index (κ1) is 20.4. The number of pyridine rings is 2. The summed E-state index contributed by atoms with van der Waals surface area (Å²) in [5.74, 6) is -0.734. The van der Waals surface area contributed by atoms with Crippen LogP contribution in [0.4, 0.5) is 0 Å². The van der Waals surface area contributed by atoms with Gasteiger partial charge in [-0.1, -0.05) is 37.2 Å². The van der Waals surface area contributed by atoms with Crippen LogP contribution in [-0.4, -0.2) is 33.4 Å². The Kier molecular flexibility index (Phi) is 4.82. The molecule has 2 aromatic heterocycles. The van der Waals surface area contributed by atoms with Crippen molar-refractivity contribution < 1.29 is 19.5 Å². The SMILES string of the molecule is CCCO/N=C/c1c2c(nc3ccccc13)-c1cc3c(c(=O)n1C2)COC(=O)[C@]3(O)CC. The van der Waals surface area contributed by atoms with Gasteiger partial charge in [0.25, 0.3) is 5.56 Å². The Morgan fingerprint density at radius 1 is 1.28 bits per heavy atom. The van der Waals surface area contributed by atoms with E-state index < -0.39 is 11.6 Å². The number of benzene rings is 1. The summed E-state index contributed by atoms with van der Waals surface area (Å²) in [7, 11) is 0. The Balaban J connectivity index is 1.75. The van der Waals surface area contributed by atoms with Crippen molar-refractivity contribution in [3.63, 3.8) is 0 Å². The van der Waals surface area contributed by atoms with Crippen molar-refractivity contribution in [3.05, 3.63) is 62.9 Å². The first-order valence-electron chi connectivity index (χ1n) is 10.7. The molecule has 0 spiro atoms. The molecule has 0 fully saturated rings. The fourth-order valence-electron chi connectivity index (χ4n) is 4.44. The van der Waals surface area contributed by atoms with Gasteiger partial charge in [-0.25, -0.2) is 9.78 Å². The zero-order valence-electron chi connectivity index (χ0n) is 17.9. The molecule has 1 aromatic carbocycles. The summed E-state index contributed by atoms with van der Waals surface area (Å²) in [4.78, 5) is 35.9. The molecule has 4 heterocycles. The summed E-state index contributed by atoms with van der Waals surface area (Å²) in [5, 5.41) is 16.0. The summed E-state index contributed by atoms with van der Waals surface area (Å²) < 4.78 is 6.76. The highest BCUT2D eigenvalue weighted by molar-refractivity contribution is 6.02. The lowest BCUT2D eigenvalue weighted by atomic mass is 9.86. The number of para-hydroxylation sites is 1. The summed E-state index contributed by atoms with van der Waals surface area (Å²) in [6.45, 7) is 4.36. The molecular weight excluding hydrogens is 410 g/mol. The van der Waals surface area contributed by atoms with Crippen molar-refractivity contribution in [3.8, 4) is 11.4 Å². The maximum absolute atomic E-state index is 13.4. The lowest BCUT2D eigenvalue weighted by molar-refractivity contribution is -0.172. The molecular formula is C24H23N3O5. The second-order valence-corrected chi connectivity index (χ2v) is 8.04. The molecule has 5 rings (SSSR count). The molecule has 164 valence electrons. The van der Waals surface area contributed by atoms with Crippen LogP contribution in [0, 0.1) is 0 Å². The van der Waals surface area contributed by atoms with Crippen LogP contribution in [0.2, 0.25) is 0 Å². The van der Waals surface area contributed by atoms with E-state index in [1.807, 2.05) is 31.2 Å². The van der Waals surface area contributed by atoms with Crippen LogP contribution in [0.3, 0.4) is 0 Å². The van der Waals surface area contributed by atoms with E-state index >= 15 is 0 Å². The Labute approximate surface area is 184 Å². The van der Waals surface area contributed by atoms with Crippen molar-refractivity contribution in [2.75, 3.05) is 6.61 Å². The summed E-state index contributed by atoms with van der Waals surface area (Å²) in [6, 6.07) is 9.40. The van der Waals surface area contributed by atoms with Crippen LogP contribution >= 0.6 is 0 Å². The van der Waals surface area contributed by atoms with E-state index in [4.69, 9.17) is 14.6 Å². The molecule has 3 aromatic rings. The first-order chi connectivity index (χ1) is 15.5. The topological polar surface area (TPSA) is 103 Å². The third kappa shape index (κ3) is 2.86. The second kappa shape index (κ2) is 7.56. The van der Waals surface area contributed by atoms with Crippen LogP contribution < -0.4 is 5.56 Å².